The Labute approximate surface area is 291 Å². The second-order valence-corrected chi connectivity index (χ2v) is 11.0. The molecule has 0 aliphatic heterocycles. The van der Waals surface area contributed by atoms with E-state index in [-0.39, 0.29) is 58.1 Å². The van der Waals surface area contributed by atoms with Gasteiger partial charge in [-0.05, 0) is 84.3 Å². The number of halogens is 3. The van der Waals surface area contributed by atoms with Crippen LogP contribution < -0.4 is 29.6 Å². The van der Waals surface area contributed by atoms with Crippen LogP contribution in [0.3, 0.4) is 0 Å². The first-order valence-electron chi connectivity index (χ1n) is 11.9. The Morgan fingerprint density at radius 1 is 0.667 bits per heavy atom. The molecule has 0 unspecified atom stereocenters. The zero-order valence-electron chi connectivity index (χ0n) is 22.9. The van der Waals surface area contributed by atoms with Gasteiger partial charge in [0.05, 0.1) is 0 Å². The second kappa shape index (κ2) is 20.0. The summed E-state index contributed by atoms with van der Waals surface area (Å²) in [5.41, 5.74) is 3.38. The molecule has 0 amide bonds. The minimum absolute atomic E-state index is 0. The van der Waals surface area contributed by atoms with E-state index < -0.39 is 0 Å². The van der Waals surface area contributed by atoms with E-state index in [0.717, 1.165) is 46.4 Å². The van der Waals surface area contributed by atoms with Gasteiger partial charge in [0, 0.05) is 56.5 Å². The van der Waals surface area contributed by atoms with Crippen molar-refractivity contribution in [3.63, 3.8) is 0 Å². The molecule has 8 nitrogen and oxygen atoms in total. The molecule has 5 N–H and O–H groups in total. The van der Waals surface area contributed by atoms with E-state index in [2.05, 4.69) is 47.8 Å². The molecule has 2 fully saturated rings. The van der Waals surface area contributed by atoms with Gasteiger partial charge in [-0.15, -0.1) is 0 Å². The number of allylic oxidation sites excluding steroid dienone is 2. The van der Waals surface area contributed by atoms with E-state index in [1.807, 2.05) is 0 Å². The van der Waals surface area contributed by atoms with Crippen molar-refractivity contribution in [2.45, 2.75) is 25.7 Å². The largest absolute Gasteiger partial charge is 1.00 e. The number of carbonyl (C=O) groups excluding carboxylic acids is 3. The summed E-state index contributed by atoms with van der Waals surface area (Å²) in [6.07, 6.45) is 7.63. The van der Waals surface area contributed by atoms with Crippen LogP contribution in [0.1, 0.15) is 47.2 Å². The summed E-state index contributed by atoms with van der Waals surface area (Å²) >= 11 is 9.95. The normalized spacial score (nSPS) is 14.6. The minimum Gasteiger partial charge on any atom is -0.870 e. The number of hydrogen-bond acceptors (Lipinski definition) is 8. The number of ketones is 2. The molecule has 0 saturated heterocycles. The Morgan fingerprint density at radius 2 is 1.00 bits per heavy atom. The zero-order chi connectivity index (χ0) is 29.8. The van der Waals surface area contributed by atoms with Crippen LogP contribution in [0.5, 0.6) is 17.2 Å². The molecule has 2 saturated carbocycles. The SMILES string of the molecule is CO.O=C1/C(=C/c2cc(O)ccc2Br)C/C1=C\c1cc(O)ccc1Br.O=C1CCC1.O=Cc1cc(O)ccc1Br.[Na+].[OH-]. The Bertz CT molecular complexity index is 1380. The van der Waals surface area contributed by atoms with Gasteiger partial charge >= 0.3 is 29.6 Å². The number of benzene rings is 3. The van der Waals surface area contributed by atoms with Gasteiger partial charge in [-0.2, -0.15) is 0 Å². The van der Waals surface area contributed by atoms with Crippen molar-refractivity contribution < 1.29 is 69.8 Å². The summed E-state index contributed by atoms with van der Waals surface area (Å²) < 4.78 is 2.34. The molecule has 3 aromatic rings. The maximum atomic E-state index is 12.3. The summed E-state index contributed by atoms with van der Waals surface area (Å²) in [6, 6.07) is 14.4. The fraction of sp³-hybridized carbons (Fsp3) is 0.167. The summed E-state index contributed by atoms with van der Waals surface area (Å²) in [5, 5.41) is 35.0. The van der Waals surface area contributed by atoms with Crippen molar-refractivity contribution in [3.05, 3.63) is 95.9 Å². The molecule has 42 heavy (non-hydrogen) atoms. The number of rotatable bonds is 3. The van der Waals surface area contributed by atoms with Crippen molar-refractivity contribution in [2.24, 2.45) is 0 Å². The first kappa shape index (κ1) is 39.9. The molecule has 0 bridgehead atoms. The third-order valence-electron chi connectivity index (χ3n) is 5.60. The van der Waals surface area contributed by atoms with E-state index in [0.29, 0.717) is 39.7 Å². The van der Waals surface area contributed by atoms with Crippen molar-refractivity contribution in [3.8, 4) is 17.2 Å². The number of aldehydes is 1. The molecule has 5 rings (SSSR count). The van der Waals surface area contributed by atoms with Gasteiger partial charge in [-0.25, -0.2) is 0 Å². The van der Waals surface area contributed by atoms with E-state index in [9.17, 15) is 24.6 Å². The van der Waals surface area contributed by atoms with Gasteiger partial charge in [0.1, 0.15) is 23.0 Å². The Kier molecular flexibility index (Phi) is 19.0. The van der Waals surface area contributed by atoms with Gasteiger partial charge < -0.3 is 25.9 Å². The maximum Gasteiger partial charge on any atom is 1.00 e. The van der Waals surface area contributed by atoms with Gasteiger partial charge in [-0.1, -0.05) is 47.8 Å². The molecule has 2 aliphatic carbocycles. The quantitative estimate of drug-likeness (QED) is 0.175. The monoisotopic (exact) mass is 776 g/mol. The van der Waals surface area contributed by atoms with Crippen molar-refractivity contribution in [2.75, 3.05) is 7.11 Å². The average molecular weight is 779 g/mol. The van der Waals surface area contributed by atoms with Crippen LogP contribution in [0.25, 0.3) is 12.2 Å². The first-order chi connectivity index (χ1) is 19.1. The third-order valence-corrected chi connectivity index (χ3v) is 7.77. The smallest absolute Gasteiger partial charge is 0.870 e. The van der Waals surface area contributed by atoms with Crippen molar-refractivity contribution in [1.82, 2.24) is 0 Å². The molecule has 0 heterocycles. The van der Waals surface area contributed by atoms with E-state index in [1.54, 1.807) is 54.6 Å². The number of phenolic OH excluding ortho intramolecular Hbond substituents is 3. The fourth-order valence-corrected chi connectivity index (χ4v) is 4.36. The van der Waals surface area contributed by atoms with E-state index in [1.165, 1.54) is 12.1 Å². The number of carbonyl (C=O) groups is 3. The molecule has 0 radical (unpaired) electrons. The van der Waals surface area contributed by atoms with Crippen molar-refractivity contribution >= 4 is 77.8 Å². The molecule has 2 aliphatic rings. The summed E-state index contributed by atoms with van der Waals surface area (Å²) in [4.78, 5) is 32.4. The molecule has 12 heteroatoms. The second-order valence-electron chi connectivity index (χ2n) is 8.47. The Hall–Kier alpha value is -2.09. The predicted octanol–water partition coefficient (Wildman–Crippen LogP) is 4.20. The minimum atomic E-state index is -0.0181. The number of Topliss-reactive ketones (excluding diaryl/α,β-unsaturated/α-hetero) is 2. The van der Waals surface area contributed by atoms with Crippen LogP contribution in [-0.2, 0) is 9.59 Å². The number of aliphatic hydroxyl groups is 1. The number of phenols is 3. The molecule has 0 atom stereocenters. The molecule has 0 spiro atoms. The Balaban J connectivity index is 0.000000733. The molecular formula is C30H28Br3NaO8. The zero-order valence-corrected chi connectivity index (χ0v) is 29.6. The Morgan fingerprint density at radius 3 is 1.26 bits per heavy atom. The van der Waals surface area contributed by atoms with Crippen LogP contribution in [0.4, 0.5) is 0 Å². The van der Waals surface area contributed by atoms with Gasteiger partial charge in [-0.3, -0.25) is 14.4 Å². The van der Waals surface area contributed by atoms with Gasteiger partial charge in [0.15, 0.2) is 12.1 Å². The van der Waals surface area contributed by atoms with Crippen LogP contribution in [-0.4, -0.2) is 50.9 Å². The van der Waals surface area contributed by atoms with E-state index in [4.69, 9.17) is 10.2 Å². The molecular weight excluding hydrogens is 751 g/mol. The molecule has 218 valence electrons. The van der Waals surface area contributed by atoms with Crippen molar-refractivity contribution in [1.29, 1.82) is 0 Å². The fourth-order valence-electron chi connectivity index (χ4n) is 3.30. The third kappa shape index (κ3) is 12.3. The predicted molar refractivity (Wildman–Crippen MR) is 167 cm³/mol. The molecule has 0 aromatic heterocycles. The van der Waals surface area contributed by atoms with Crippen LogP contribution in [0.15, 0.2) is 79.2 Å². The average Bonchev–Trinajstić information content (AvgIpc) is 2.93. The van der Waals surface area contributed by atoms with Crippen LogP contribution in [0, 0.1) is 0 Å². The van der Waals surface area contributed by atoms with Crippen LogP contribution in [0.2, 0.25) is 0 Å². The summed E-state index contributed by atoms with van der Waals surface area (Å²) in [7, 11) is 1.00. The summed E-state index contributed by atoms with van der Waals surface area (Å²) in [6.45, 7) is 0. The van der Waals surface area contributed by atoms with Gasteiger partial charge in [0.25, 0.3) is 0 Å². The topological polar surface area (TPSA) is 162 Å². The first-order valence-corrected chi connectivity index (χ1v) is 14.3. The van der Waals surface area contributed by atoms with Gasteiger partial charge in [0.2, 0.25) is 0 Å². The molecule has 3 aromatic carbocycles. The number of aromatic hydroxyl groups is 3. The van der Waals surface area contributed by atoms with Crippen LogP contribution >= 0.6 is 47.8 Å². The number of aliphatic hydroxyl groups excluding tert-OH is 1. The summed E-state index contributed by atoms with van der Waals surface area (Å²) in [5.74, 6) is 0.836. The standard InChI is InChI=1S/C18H12Br2O3.C7H5BrO2.C4H6O.CH4O.Na.H2O/c19-16-3-1-14(21)8-10(16)5-12-7-13(18(12)23)6-11-9-15(22)2-4-17(11)20;8-7-2-1-6(10)3-5(7)4-9;5-4-2-1-3-4;1-2;;/h1-6,8-9,21-22H,7H2;1-4,10H;1-3H2;2H,1H3;;1H2/q;;;;+1;/p-1/b12-5+,13-6+;;;;;. The maximum absolute atomic E-state index is 12.3. The number of hydrogen-bond donors (Lipinski definition) is 4. The van der Waals surface area contributed by atoms with E-state index >= 15 is 0 Å².